The van der Waals surface area contributed by atoms with E-state index in [-0.39, 0.29) is 5.54 Å². The van der Waals surface area contributed by atoms with Crippen LogP contribution in [0.3, 0.4) is 0 Å². The number of nitrogens with zero attached hydrogens (tertiary/aromatic N) is 1. The summed E-state index contributed by atoms with van der Waals surface area (Å²) in [7, 11) is 2.21. The Kier molecular flexibility index (Phi) is 5.22. The molecule has 96 valence electrons. The van der Waals surface area contributed by atoms with E-state index in [9.17, 15) is 0 Å². The Bertz CT molecular complexity index is 204. The lowest BCUT2D eigenvalue weighted by Gasteiger charge is -2.43. The predicted molar refractivity (Wildman–Crippen MR) is 68.5 cm³/mol. The topological polar surface area (TPSA) is 38.5 Å². The number of hydrogen-bond donors (Lipinski definition) is 1. The fourth-order valence-corrected chi connectivity index (χ4v) is 2.46. The highest BCUT2D eigenvalue weighted by Crippen LogP contribution is 2.30. The molecule has 0 aromatic heterocycles. The Morgan fingerprint density at radius 1 is 1.56 bits per heavy atom. The lowest BCUT2D eigenvalue weighted by molar-refractivity contribution is 0.0559. The van der Waals surface area contributed by atoms with E-state index in [0.717, 1.165) is 32.1 Å². The van der Waals surface area contributed by atoms with Gasteiger partial charge in [0.2, 0.25) is 0 Å². The number of ether oxygens (including phenoxy) is 1. The van der Waals surface area contributed by atoms with Crippen LogP contribution in [0.5, 0.6) is 0 Å². The van der Waals surface area contributed by atoms with E-state index in [0.29, 0.717) is 12.5 Å². The number of nitrogens with two attached hydrogens (primary N) is 1. The maximum atomic E-state index is 6.01. The quantitative estimate of drug-likeness (QED) is 0.752. The Hall–Kier alpha value is -0.120. The van der Waals surface area contributed by atoms with Gasteiger partial charge in [0.1, 0.15) is 0 Å². The first kappa shape index (κ1) is 13.9. The molecule has 2 N–H and O–H groups in total. The van der Waals surface area contributed by atoms with Crippen molar-refractivity contribution in [2.75, 3.05) is 33.4 Å². The van der Waals surface area contributed by atoms with Gasteiger partial charge in [0, 0.05) is 31.2 Å². The molecule has 0 aromatic rings. The van der Waals surface area contributed by atoms with Crippen molar-refractivity contribution >= 4 is 0 Å². The summed E-state index contributed by atoms with van der Waals surface area (Å²) in [5.41, 5.74) is 6.10. The number of rotatable bonds is 6. The highest BCUT2D eigenvalue weighted by molar-refractivity contribution is 4.94. The van der Waals surface area contributed by atoms with Gasteiger partial charge in [-0.3, -0.25) is 4.90 Å². The molecule has 0 amide bonds. The highest BCUT2D eigenvalue weighted by Gasteiger charge is 2.39. The third kappa shape index (κ3) is 2.96. The molecule has 1 fully saturated rings. The SMILES string of the molecule is CCC(C)CN(C)C(C)(CN)C1CCOC1. The zero-order valence-corrected chi connectivity index (χ0v) is 11.3. The average Bonchev–Trinajstić information content (AvgIpc) is 2.81. The third-order valence-corrected chi connectivity index (χ3v) is 4.38. The van der Waals surface area contributed by atoms with Gasteiger partial charge in [-0.15, -0.1) is 0 Å². The first-order valence-electron chi connectivity index (χ1n) is 6.53. The van der Waals surface area contributed by atoms with Crippen molar-refractivity contribution in [1.82, 2.24) is 4.90 Å². The number of hydrogen-bond acceptors (Lipinski definition) is 3. The summed E-state index contributed by atoms with van der Waals surface area (Å²) in [5.74, 6) is 1.32. The van der Waals surface area contributed by atoms with Gasteiger partial charge >= 0.3 is 0 Å². The van der Waals surface area contributed by atoms with Crippen LogP contribution in [0.4, 0.5) is 0 Å². The largest absolute Gasteiger partial charge is 0.381 e. The van der Waals surface area contributed by atoms with E-state index in [1.807, 2.05) is 0 Å². The van der Waals surface area contributed by atoms with E-state index >= 15 is 0 Å². The minimum Gasteiger partial charge on any atom is -0.381 e. The molecule has 3 heteroatoms. The predicted octanol–water partition coefficient (Wildman–Crippen LogP) is 1.72. The van der Waals surface area contributed by atoms with Gasteiger partial charge in [0.25, 0.3) is 0 Å². The molecule has 1 rings (SSSR count). The molecule has 1 heterocycles. The second-order valence-electron chi connectivity index (χ2n) is 5.52. The smallest absolute Gasteiger partial charge is 0.0513 e. The van der Waals surface area contributed by atoms with Crippen LogP contribution in [0, 0.1) is 11.8 Å². The summed E-state index contributed by atoms with van der Waals surface area (Å²) in [5, 5.41) is 0. The summed E-state index contributed by atoms with van der Waals surface area (Å²) in [6.45, 7) is 10.5. The molecule has 3 unspecified atom stereocenters. The van der Waals surface area contributed by atoms with Crippen LogP contribution in [-0.2, 0) is 4.74 Å². The van der Waals surface area contributed by atoms with Gasteiger partial charge < -0.3 is 10.5 Å². The Balaban J connectivity index is 2.62. The molecule has 0 bridgehead atoms. The standard InChI is InChI=1S/C13H28N2O/c1-5-11(2)8-15(4)13(3,10-14)12-6-7-16-9-12/h11-12H,5-10,14H2,1-4H3. The van der Waals surface area contributed by atoms with Crippen LogP contribution in [0.2, 0.25) is 0 Å². The lowest BCUT2D eigenvalue weighted by Crippen LogP contribution is -2.56. The van der Waals surface area contributed by atoms with Gasteiger partial charge in [-0.1, -0.05) is 20.3 Å². The van der Waals surface area contributed by atoms with Crippen molar-refractivity contribution in [1.29, 1.82) is 0 Å². The van der Waals surface area contributed by atoms with Crippen molar-refractivity contribution < 1.29 is 4.74 Å². The summed E-state index contributed by atoms with van der Waals surface area (Å²) < 4.78 is 5.50. The summed E-state index contributed by atoms with van der Waals surface area (Å²) in [6, 6.07) is 0. The molecule has 3 nitrogen and oxygen atoms in total. The van der Waals surface area contributed by atoms with Gasteiger partial charge in [-0.05, 0) is 26.3 Å². The normalized spacial score (nSPS) is 27.0. The summed E-state index contributed by atoms with van der Waals surface area (Å²) in [6.07, 6.45) is 2.38. The van der Waals surface area contributed by atoms with Gasteiger partial charge in [-0.2, -0.15) is 0 Å². The van der Waals surface area contributed by atoms with E-state index in [2.05, 4.69) is 32.7 Å². The molecular weight excluding hydrogens is 200 g/mol. The monoisotopic (exact) mass is 228 g/mol. The molecule has 1 aliphatic rings. The molecule has 1 saturated heterocycles. The van der Waals surface area contributed by atoms with Crippen LogP contribution in [-0.4, -0.2) is 43.8 Å². The average molecular weight is 228 g/mol. The maximum absolute atomic E-state index is 6.01. The molecule has 3 atom stereocenters. The Labute approximate surface area is 100 Å². The van der Waals surface area contributed by atoms with Crippen molar-refractivity contribution in [2.24, 2.45) is 17.6 Å². The van der Waals surface area contributed by atoms with Gasteiger partial charge in [-0.25, -0.2) is 0 Å². The summed E-state index contributed by atoms with van der Waals surface area (Å²) >= 11 is 0. The number of likely N-dealkylation sites (N-methyl/N-ethyl adjacent to an activating group) is 1. The minimum atomic E-state index is 0.0972. The zero-order chi connectivity index (χ0) is 12.2. The van der Waals surface area contributed by atoms with Gasteiger partial charge in [0.15, 0.2) is 0 Å². The van der Waals surface area contributed by atoms with Crippen LogP contribution in [0.1, 0.15) is 33.6 Å². The molecule has 0 spiro atoms. The van der Waals surface area contributed by atoms with Crippen molar-refractivity contribution in [3.05, 3.63) is 0 Å². The van der Waals surface area contributed by atoms with Crippen LogP contribution in [0.15, 0.2) is 0 Å². The second-order valence-corrected chi connectivity index (χ2v) is 5.52. The van der Waals surface area contributed by atoms with E-state index in [1.54, 1.807) is 0 Å². The second kappa shape index (κ2) is 5.99. The molecule has 0 aromatic carbocycles. The van der Waals surface area contributed by atoms with Crippen LogP contribution in [0.25, 0.3) is 0 Å². The van der Waals surface area contributed by atoms with Crippen LogP contribution >= 0.6 is 0 Å². The molecule has 16 heavy (non-hydrogen) atoms. The highest BCUT2D eigenvalue weighted by atomic mass is 16.5. The molecule has 0 radical (unpaired) electrons. The lowest BCUT2D eigenvalue weighted by atomic mass is 9.83. The fourth-order valence-electron chi connectivity index (χ4n) is 2.46. The first-order valence-corrected chi connectivity index (χ1v) is 6.53. The van der Waals surface area contributed by atoms with E-state index in [4.69, 9.17) is 10.5 Å². The molecule has 0 saturated carbocycles. The van der Waals surface area contributed by atoms with E-state index in [1.165, 1.54) is 6.42 Å². The Morgan fingerprint density at radius 3 is 2.69 bits per heavy atom. The fraction of sp³-hybridized carbons (Fsp3) is 1.00. The van der Waals surface area contributed by atoms with E-state index < -0.39 is 0 Å². The van der Waals surface area contributed by atoms with Gasteiger partial charge in [0.05, 0.1) is 6.61 Å². The van der Waals surface area contributed by atoms with Crippen molar-refractivity contribution in [2.45, 2.75) is 39.2 Å². The van der Waals surface area contributed by atoms with Crippen molar-refractivity contribution in [3.8, 4) is 0 Å². The molecule has 1 aliphatic heterocycles. The maximum Gasteiger partial charge on any atom is 0.0513 e. The van der Waals surface area contributed by atoms with Crippen molar-refractivity contribution in [3.63, 3.8) is 0 Å². The first-order chi connectivity index (χ1) is 7.54. The molecule has 0 aliphatic carbocycles. The minimum absolute atomic E-state index is 0.0972. The third-order valence-electron chi connectivity index (χ3n) is 4.38. The summed E-state index contributed by atoms with van der Waals surface area (Å²) in [4.78, 5) is 2.44. The van der Waals surface area contributed by atoms with Crippen LogP contribution < -0.4 is 5.73 Å². The molecular formula is C13H28N2O. The Morgan fingerprint density at radius 2 is 2.25 bits per heavy atom. The zero-order valence-electron chi connectivity index (χ0n) is 11.3.